The van der Waals surface area contributed by atoms with Crippen LogP contribution in [0.4, 0.5) is 10.1 Å². The Morgan fingerprint density at radius 1 is 1.16 bits per heavy atom. The molecule has 1 unspecified atom stereocenters. The van der Waals surface area contributed by atoms with Crippen LogP contribution in [0.25, 0.3) is 5.57 Å². The molecule has 0 bridgehead atoms. The number of nitrogens with two attached hydrogens (primary N) is 1. The second-order valence-corrected chi connectivity index (χ2v) is 16.7. The summed E-state index contributed by atoms with van der Waals surface area (Å²) in [6.45, 7) is 12.7. The molecule has 1 atom stereocenters. The molecular weight excluding hydrogens is 698 g/mol. The molecule has 2 aliphatic heterocycles. The minimum atomic E-state index is -0.558. The van der Waals surface area contributed by atoms with Gasteiger partial charge in [-0.05, 0) is 107 Å². The molecule has 55 heavy (non-hydrogen) atoms. The van der Waals surface area contributed by atoms with Crippen LogP contribution in [-0.4, -0.2) is 96.8 Å². The SMILES string of the molecule is CN(CC1CCO1)C(CN1CC2(CC=C(c3cccc(OCc4ccc(C#N)cc4F)n3)CC2)C1)=Nc1ccc(C(=O)NC(C)(C)COCC(C)(C)N)cc1. The molecule has 11 nitrogen and oxygen atoms in total. The summed E-state index contributed by atoms with van der Waals surface area (Å²) in [4.78, 5) is 27.6. The average Bonchev–Trinajstić information content (AvgIpc) is 3.11. The van der Waals surface area contributed by atoms with Gasteiger partial charge >= 0.3 is 0 Å². The van der Waals surface area contributed by atoms with Crippen molar-refractivity contribution in [2.45, 2.75) is 77.2 Å². The number of nitrogens with zero attached hydrogens (tertiary/aromatic N) is 5. The molecule has 1 aromatic heterocycles. The molecule has 0 saturated carbocycles. The van der Waals surface area contributed by atoms with Crippen LogP contribution in [0.15, 0.2) is 71.7 Å². The molecule has 6 rings (SSSR count). The Morgan fingerprint density at radius 3 is 2.56 bits per heavy atom. The standard InChI is InChI=1S/C43H54FN7O4/c1-41(2,46)28-53-29-42(3,4)49-40(52)32-11-13-34(14-12-32)47-38(50(5)23-35-17-20-54-35)24-51-26-43(27-51)18-15-31(16-19-43)37-7-6-8-39(48-37)55-25-33-10-9-30(22-45)21-36(33)44/h6-15,21,35H,16-20,23-29,46H2,1-5H3,(H,49,52). The maximum atomic E-state index is 14.4. The zero-order valence-corrected chi connectivity index (χ0v) is 32.7. The van der Waals surface area contributed by atoms with Gasteiger partial charge in [0.2, 0.25) is 5.88 Å². The van der Waals surface area contributed by atoms with Crippen molar-refractivity contribution in [1.82, 2.24) is 20.1 Å². The Kier molecular flexibility index (Phi) is 12.4. The van der Waals surface area contributed by atoms with Crippen LogP contribution >= 0.6 is 0 Å². The number of likely N-dealkylation sites (N-methyl/N-ethyl adjacent to an activating group) is 1. The van der Waals surface area contributed by atoms with Crippen LogP contribution < -0.4 is 15.8 Å². The normalized spacial score (nSPS) is 18.5. The quantitative estimate of drug-likeness (QED) is 0.136. The smallest absolute Gasteiger partial charge is 0.251 e. The molecular formula is C43H54FN7O4. The van der Waals surface area contributed by atoms with Crippen molar-refractivity contribution in [2.75, 3.05) is 53.0 Å². The Labute approximate surface area is 324 Å². The summed E-state index contributed by atoms with van der Waals surface area (Å²) >= 11 is 0. The zero-order valence-electron chi connectivity index (χ0n) is 32.7. The molecule has 1 amide bonds. The number of benzene rings is 2. The van der Waals surface area contributed by atoms with E-state index in [0.717, 1.165) is 75.7 Å². The highest BCUT2D eigenvalue weighted by molar-refractivity contribution is 5.95. The van der Waals surface area contributed by atoms with E-state index in [9.17, 15) is 9.18 Å². The largest absolute Gasteiger partial charge is 0.473 e. The van der Waals surface area contributed by atoms with Gasteiger partial charge in [0.25, 0.3) is 5.91 Å². The summed E-state index contributed by atoms with van der Waals surface area (Å²) in [5, 5.41) is 12.1. The van der Waals surface area contributed by atoms with Crippen molar-refractivity contribution in [3.63, 3.8) is 0 Å². The number of halogens is 1. The van der Waals surface area contributed by atoms with Gasteiger partial charge in [0.15, 0.2) is 0 Å². The number of carbonyl (C=O) groups excluding carboxylic acids is 1. The average molecular weight is 752 g/mol. The number of aliphatic imine (C=N–C) groups is 1. The van der Waals surface area contributed by atoms with E-state index in [-0.39, 0.29) is 29.6 Å². The Morgan fingerprint density at radius 2 is 1.93 bits per heavy atom. The molecule has 12 heteroatoms. The molecule has 3 heterocycles. The van der Waals surface area contributed by atoms with Crippen molar-refractivity contribution in [3.8, 4) is 11.9 Å². The summed E-state index contributed by atoms with van der Waals surface area (Å²) < 4.78 is 31.7. The van der Waals surface area contributed by atoms with Gasteiger partial charge in [0, 0.05) is 56.0 Å². The molecule has 3 aromatic rings. The van der Waals surface area contributed by atoms with E-state index in [1.54, 1.807) is 18.2 Å². The number of pyridine rings is 1. The maximum absolute atomic E-state index is 14.4. The van der Waals surface area contributed by atoms with Crippen LogP contribution in [0.3, 0.4) is 0 Å². The number of hydrogen-bond acceptors (Lipinski definition) is 9. The number of rotatable bonds is 15. The van der Waals surface area contributed by atoms with Gasteiger partial charge in [-0.2, -0.15) is 5.26 Å². The first-order chi connectivity index (χ1) is 26.2. The number of allylic oxidation sites excluding steroid dienone is 2. The highest BCUT2D eigenvalue weighted by atomic mass is 19.1. The number of likely N-dealkylation sites (tertiary alicyclic amines) is 1. The Bertz CT molecular complexity index is 1920. The van der Waals surface area contributed by atoms with E-state index in [1.807, 2.05) is 70.2 Å². The number of amides is 1. The van der Waals surface area contributed by atoms with E-state index in [0.29, 0.717) is 30.2 Å². The summed E-state index contributed by atoms with van der Waals surface area (Å²) in [6, 6.07) is 19.4. The summed E-state index contributed by atoms with van der Waals surface area (Å²) in [7, 11) is 2.08. The van der Waals surface area contributed by atoms with E-state index >= 15 is 0 Å². The lowest BCUT2D eigenvalue weighted by Crippen LogP contribution is -2.59. The molecule has 3 N–H and O–H groups in total. The molecule has 2 saturated heterocycles. The minimum absolute atomic E-state index is 0.0342. The van der Waals surface area contributed by atoms with Gasteiger partial charge in [-0.3, -0.25) is 9.69 Å². The third kappa shape index (κ3) is 11.0. The van der Waals surface area contributed by atoms with Gasteiger partial charge in [-0.15, -0.1) is 0 Å². The van der Waals surface area contributed by atoms with Crippen LogP contribution in [-0.2, 0) is 16.1 Å². The van der Waals surface area contributed by atoms with E-state index in [2.05, 4.69) is 28.2 Å². The van der Waals surface area contributed by atoms with Crippen LogP contribution in [0.1, 0.15) is 80.6 Å². The summed E-state index contributed by atoms with van der Waals surface area (Å²) in [6.07, 6.45) is 6.53. The predicted molar refractivity (Wildman–Crippen MR) is 212 cm³/mol. The number of nitriles is 1. The first kappa shape index (κ1) is 40.0. The number of nitrogens with one attached hydrogen (secondary N) is 1. The highest BCUT2D eigenvalue weighted by Crippen LogP contribution is 2.45. The predicted octanol–water partition coefficient (Wildman–Crippen LogP) is 6.25. The van der Waals surface area contributed by atoms with E-state index < -0.39 is 16.9 Å². The molecule has 1 aliphatic carbocycles. The number of hydrogen-bond donors (Lipinski definition) is 2. The molecule has 1 spiro atoms. The number of ether oxygens (including phenoxy) is 3. The first-order valence-corrected chi connectivity index (χ1v) is 19.1. The van der Waals surface area contributed by atoms with Crippen molar-refractivity contribution in [3.05, 3.63) is 94.9 Å². The third-order valence-electron chi connectivity index (χ3n) is 10.3. The maximum Gasteiger partial charge on any atom is 0.251 e. The van der Waals surface area contributed by atoms with Gasteiger partial charge in [-0.1, -0.05) is 18.2 Å². The van der Waals surface area contributed by atoms with Crippen LogP contribution in [0.5, 0.6) is 5.88 Å². The summed E-state index contributed by atoms with van der Waals surface area (Å²) in [5.41, 5.74) is 9.35. The fourth-order valence-corrected chi connectivity index (χ4v) is 7.14. The lowest BCUT2D eigenvalue weighted by atomic mass is 9.69. The monoisotopic (exact) mass is 751 g/mol. The second-order valence-electron chi connectivity index (χ2n) is 16.7. The fourth-order valence-electron chi connectivity index (χ4n) is 7.14. The van der Waals surface area contributed by atoms with Gasteiger partial charge in [-0.25, -0.2) is 14.4 Å². The zero-order chi connectivity index (χ0) is 39.2. The van der Waals surface area contributed by atoms with Crippen molar-refractivity contribution < 1.29 is 23.4 Å². The molecule has 0 radical (unpaired) electrons. The van der Waals surface area contributed by atoms with Gasteiger partial charge in [0.05, 0.1) is 54.4 Å². The molecule has 3 aliphatic rings. The van der Waals surface area contributed by atoms with Crippen LogP contribution in [0, 0.1) is 22.6 Å². The molecule has 2 fully saturated rings. The number of amidine groups is 1. The Hall–Kier alpha value is -4.67. The van der Waals surface area contributed by atoms with Gasteiger partial charge in [0.1, 0.15) is 18.3 Å². The lowest BCUT2D eigenvalue weighted by molar-refractivity contribution is -0.0577. The number of carbonyl (C=O) groups is 1. The topological polar surface area (TPSA) is 138 Å². The Balaban J connectivity index is 1.04. The summed E-state index contributed by atoms with van der Waals surface area (Å²) in [5.74, 6) is 0.779. The minimum Gasteiger partial charge on any atom is -0.473 e. The molecule has 292 valence electrons. The van der Waals surface area contributed by atoms with Crippen molar-refractivity contribution in [1.29, 1.82) is 5.26 Å². The number of aromatic nitrogens is 1. The van der Waals surface area contributed by atoms with Crippen LogP contribution in [0.2, 0.25) is 0 Å². The highest BCUT2D eigenvalue weighted by Gasteiger charge is 2.44. The van der Waals surface area contributed by atoms with E-state index in [4.69, 9.17) is 35.2 Å². The fraction of sp³-hybridized carbons (Fsp3) is 0.488. The van der Waals surface area contributed by atoms with Gasteiger partial charge < -0.3 is 30.2 Å². The van der Waals surface area contributed by atoms with E-state index in [1.165, 1.54) is 11.6 Å². The molecule has 2 aromatic carbocycles. The lowest BCUT2D eigenvalue weighted by Gasteiger charge is -2.52. The second kappa shape index (κ2) is 17.0. The van der Waals surface area contributed by atoms with Crippen molar-refractivity contribution >= 4 is 23.0 Å². The first-order valence-electron chi connectivity index (χ1n) is 19.1. The third-order valence-corrected chi connectivity index (χ3v) is 10.3. The van der Waals surface area contributed by atoms with Crippen molar-refractivity contribution in [2.24, 2.45) is 16.1 Å².